The average Bonchev–Trinajstić information content (AvgIpc) is 3.12. The van der Waals surface area contributed by atoms with Crippen molar-refractivity contribution in [1.82, 2.24) is 19.8 Å². The molecule has 1 aromatic rings. The third-order valence-corrected chi connectivity index (χ3v) is 6.18. The zero-order valence-electron chi connectivity index (χ0n) is 16.0. The highest BCUT2D eigenvalue weighted by Crippen LogP contribution is 2.41. The first-order chi connectivity index (χ1) is 11.9. The minimum absolute atomic E-state index is 0.0578. The Bertz CT molecular complexity index is 617. The van der Waals surface area contributed by atoms with Crippen LogP contribution in [-0.4, -0.2) is 71.1 Å². The van der Waals surface area contributed by atoms with E-state index in [9.17, 15) is 9.90 Å². The van der Waals surface area contributed by atoms with Crippen LogP contribution in [0, 0.1) is 18.3 Å². The van der Waals surface area contributed by atoms with Crippen LogP contribution in [0.4, 0.5) is 0 Å². The first-order valence-electron chi connectivity index (χ1n) is 9.49. The first-order valence-corrected chi connectivity index (χ1v) is 9.49. The maximum atomic E-state index is 13.2. The summed E-state index contributed by atoms with van der Waals surface area (Å²) in [5, 5.41) is 9.71. The lowest BCUT2D eigenvalue weighted by atomic mass is 9.69. The van der Waals surface area contributed by atoms with E-state index in [4.69, 9.17) is 4.98 Å². The van der Waals surface area contributed by atoms with Gasteiger partial charge in [0.05, 0.1) is 18.2 Å². The molecular formula is C19H32N4O2. The molecule has 0 bridgehead atoms. The van der Waals surface area contributed by atoms with E-state index in [1.165, 1.54) is 0 Å². The molecule has 2 atom stereocenters. The van der Waals surface area contributed by atoms with Crippen molar-refractivity contribution in [2.75, 3.05) is 40.3 Å². The molecule has 1 saturated carbocycles. The minimum atomic E-state index is -0.0674. The lowest BCUT2D eigenvalue weighted by Crippen LogP contribution is -2.47. The van der Waals surface area contributed by atoms with Gasteiger partial charge in [0.15, 0.2) is 0 Å². The molecule has 2 heterocycles. The molecule has 0 aromatic carbocycles. The van der Waals surface area contributed by atoms with Gasteiger partial charge in [0.2, 0.25) is 5.91 Å². The zero-order valence-corrected chi connectivity index (χ0v) is 16.0. The summed E-state index contributed by atoms with van der Waals surface area (Å²) in [6, 6.07) is 0. The molecule has 6 heteroatoms. The number of imidazole rings is 1. The van der Waals surface area contributed by atoms with Crippen molar-refractivity contribution in [3.63, 3.8) is 0 Å². The summed E-state index contributed by atoms with van der Waals surface area (Å²) in [5.41, 5.74) is 2.07. The number of aliphatic hydroxyl groups excluding tert-OH is 1. The largest absolute Gasteiger partial charge is 0.396 e. The monoisotopic (exact) mass is 348 g/mol. The fourth-order valence-corrected chi connectivity index (χ4v) is 4.50. The van der Waals surface area contributed by atoms with Crippen LogP contribution >= 0.6 is 0 Å². The molecule has 140 valence electrons. The van der Waals surface area contributed by atoms with Crippen LogP contribution in [0.3, 0.4) is 0 Å². The molecule has 0 radical (unpaired) electrons. The van der Waals surface area contributed by atoms with Gasteiger partial charge in [-0.2, -0.15) is 0 Å². The zero-order chi connectivity index (χ0) is 18.2. The molecule has 1 saturated heterocycles. The van der Waals surface area contributed by atoms with E-state index >= 15 is 0 Å². The van der Waals surface area contributed by atoms with E-state index in [2.05, 4.69) is 30.8 Å². The van der Waals surface area contributed by atoms with E-state index in [0.29, 0.717) is 6.54 Å². The van der Waals surface area contributed by atoms with Gasteiger partial charge in [0.25, 0.3) is 0 Å². The van der Waals surface area contributed by atoms with Crippen molar-refractivity contribution in [3.8, 4) is 0 Å². The maximum Gasteiger partial charge on any atom is 0.227 e. The Labute approximate surface area is 150 Å². The highest BCUT2D eigenvalue weighted by atomic mass is 16.3. The number of aromatic amines is 1. The summed E-state index contributed by atoms with van der Waals surface area (Å²) in [6.07, 6.45) is 4.07. The molecule has 1 aromatic heterocycles. The normalized spacial score (nSPS) is 25.8. The third kappa shape index (κ3) is 3.47. The number of rotatable bonds is 6. The second kappa shape index (κ2) is 7.08. The van der Waals surface area contributed by atoms with Gasteiger partial charge in [0.1, 0.15) is 5.82 Å². The Morgan fingerprint density at radius 3 is 2.68 bits per heavy atom. The molecule has 25 heavy (non-hydrogen) atoms. The highest BCUT2D eigenvalue weighted by Gasteiger charge is 2.43. The Hall–Kier alpha value is -1.40. The number of likely N-dealkylation sites (N-methyl/N-ethyl adjacent to an activating group) is 1. The van der Waals surface area contributed by atoms with Gasteiger partial charge in [-0.05, 0) is 26.8 Å². The molecular weight excluding hydrogens is 316 g/mol. The number of aliphatic hydroxyl groups is 1. The second-order valence-corrected chi connectivity index (χ2v) is 8.19. The van der Waals surface area contributed by atoms with E-state index in [0.717, 1.165) is 56.0 Å². The fraction of sp³-hybridized carbons (Fsp3) is 0.789. The molecule has 6 nitrogen and oxygen atoms in total. The van der Waals surface area contributed by atoms with Crippen molar-refractivity contribution in [3.05, 3.63) is 17.2 Å². The first kappa shape index (κ1) is 18.4. The number of aryl methyl sites for hydroxylation is 2. The number of hydrogen-bond donors (Lipinski definition) is 2. The maximum absolute atomic E-state index is 13.2. The quantitative estimate of drug-likeness (QED) is 0.818. The van der Waals surface area contributed by atoms with Crippen molar-refractivity contribution < 1.29 is 9.90 Å². The smallest absolute Gasteiger partial charge is 0.227 e. The number of hydrogen-bond acceptors (Lipinski definition) is 4. The second-order valence-electron chi connectivity index (χ2n) is 8.19. The number of amides is 1. The highest BCUT2D eigenvalue weighted by molar-refractivity contribution is 5.80. The van der Waals surface area contributed by atoms with Crippen LogP contribution in [-0.2, 0) is 11.2 Å². The summed E-state index contributed by atoms with van der Waals surface area (Å²) < 4.78 is 0. The average molecular weight is 348 g/mol. The van der Waals surface area contributed by atoms with Crippen LogP contribution in [0.1, 0.15) is 49.3 Å². The number of H-pyrrole nitrogens is 1. The van der Waals surface area contributed by atoms with Crippen molar-refractivity contribution in [2.45, 2.75) is 45.4 Å². The van der Waals surface area contributed by atoms with Gasteiger partial charge in [0, 0.05) is 50.1 Å². The summed E-state index contributed by atoms with van der Waals surface area (Å²) in [5.74, 6) is 1.27. The van der Waals surface area contributed by atoms with Gasteiger partial charge in [-0.3, -0.25) is 4.79 Å². The summed E-state index contributed by atoms with van der Waals surface area (Å²) in [7, 11) is 3.96. The van der Waals surface area contributed by atoms with Crippen LogP contribution in [0.2, 0.25) is 0 Å². The SMILES string of the molecule is CCc1nc([C@H]2CN(C)C[C@@H]2C(=O)N(C)CC2(CO)CCC2)c(C)[nH]1. The van der Waals surface area contributed by atoms with E-state index in [-0.39, 0.29) is 29.8 Å². The Morgan fingerprint density at radius 1 is 1.44 bits per heavy atom. The van der Waals surface area contributed by atoms with Crippen molar-refractivity contribution in [1.29, 1.82) is 0 Å². The predicted molar refractivity (Wildman–Crippen MR) is 97.4 cm³/mol. The molecule has 1 amide bonds. The summed E-state index contributed by atoms with van der Waals surface area (Å²) in [6.45, 7) is 6.62. The van der Waals surface area contributed by atoms with E-state index in [1.807, 2.05) is 11.9 Å². The van der Waals surface area contributed by atoms with Crippen molar-refractivity contribution >= 4 is 5.91 Å². The van der Waals surface area contributed by atoms with Crippen molar-refractivity contribution in [2.24, 2.45) is 11.3 Å². The summed E-state index contributed by atoms with van der Waals surface area (Å²) in [4.78, 5) is 25.4. The van der Waals surface area contributed by atoms with Crippen LogP contribution < -0.4 is 0 Å². The number of carbonyl (C=O) groups is 1. The van der Waals surface area contributed by atoms with Gasteiger partial charge < -0.3 is 19.9 Å². The van der Waals surface area contributed by atoms with Crippen LogP contribution in [0.15, 0.2) is 0 Å². The van der Waals surface area contributed by atoms with E-state index in [1.54, 1.807) is 0 Å². The summed E-state index contributed by atoms with van der Waals surface area (Å²) >= 11 is 0. The number of nitrogens with zero attached hydrogens (tertiary/aromatic N) is 3. The third-order valence-electron chi connectivity index (χ3n) is 6.18. The minimum Gasteiger partial charge on any atom is -0.396 e. The molecule has 2 N–H and O–H groups in total. The molecule has 0 unspecified atom stereocenters. The number of aromatic nitrogens is 2. The molecule has 2 aliphatic rings. The van der Waals surface area contributed by atoms with Gasteiger partial charge >= 0.3 is 0 Å². The molecule has 2 fully saturated rings. The van der Waals surface area contributed by atoms with Crippen LogP contribution in [0.25, 0.3) is 0 Å². The predicted octanol–water partition coefficient (Wildman–Crippen LogP) is 1.55. The molecule has 0 spiro atoms. The Balaban J connectivity index is 1.76. The Kier molecular flexibility index (Phi) is 5.21. The Morgan fingerprint density at radius 2 is 2.16 bits per heavy atom. The number of nitrogens with one attached hydrogen (secondary N) is 1. The van der Waals surface area contributed by atoms with Crippen LogP contribution in [0.5, 0.6) is 0 Å². The van der Waals surface area contributed by atoms with Gasteiger partial charge in [-0.15, -0.1) is 0 Å². The molecule has 1 aliphatic heterocycles. The number of likely N-dealkylation sites (tertiary alicyclic amines) is 1. The lowest BCUT2D eigenvalue weighted by Gasteiger charge is -2.43. The van der Waals surface area contributed by atoms with Gasteiger partial charge in [-0.1, -0.05) is 13.3 Å². The molecule has 1 aliphatic carbocycles. The van der Waals surface area contributed by atoms with E-state index < -0.39 is 0 Å². The molecule has 3 rings (SSSR count). The standard InChI is InChI=1S/C19H32N4O2/c1-5-16-20-13(2)17(21-16)14-9-22(3)10-15(14)18(25)23(4)11-19(12-24)7-6-8-19/h14-15,24H,5-12H2,1-4H3,(H,20,21)/t14-,15-/m0/s1. The topological polar surface area (TPSA) is 72.5 Å². The fourth-order valence-electron chi connectivity index (χ4n) is 4.50. The number of carbonyl (C=O) groups excluding carboxylic acids is 1. The lowest BCUT2D eigenvalue weighted by molar-refractivity contribution is -0.137. The van der Waals surface area contributed by atoms with Gasteiger partial charge in [-0.25, -0.2) is 4.98 Å².